The Morgan fingerprint density at radius 2 is 1.95 bits per heavy atom. The second-order valence-corrected chi connectivity index (χ2v) is 7.88. The molecule has 2 rings (SSSR count). The Balaban J connectivity index is 1.69. The van der Waals surface area contributed by atoms with Crippen LogP contribution in [0.2, 0.25) is 0 Å². The largest absolute Gasteiger partial charge is 0.469 e. The number of hydrogen-bond acceptors (Lipinski definition) is 4. The highest BCUT2D eigenvalue weighted by atomic mass is 32.2. The number of amides is 1. The van der Waals surface area contributed by atoms with Gasteiger partial charge in [0.05, 0.1) is 18.8 Å². The molecule has 1 N–H and O–H groups in total. The van der Waals surface area contributed by atoms with Crippen LogP contribution in [0.25, 0.3) is 0 Å². The van der Waals surface area contributed by atoms with Crippen LogP contribution < -0.4 is 5.32 Å². The molecule has 0 bridgehead atoms. The first-order chi connectivity index (χ1) is 10.0. The van der Waals surface area contributed by atoms with Crippen LogP contribution >= 0.6 is 11.8 Å². The van der Waals surface area contributed by atoms with Gasteiger partial charge < -0.3 is 10.1 Å². The molecule has 4 nitrogen and oxygen atoms in total. The molecule has 0 aromatic carbocycles. The van der Waals surface area contributed by atoms with Gasteiger partial charge in [-0.3, -0.25) is 9.59 Å². The summed E-state index contributed by atoms with van der Waals surface area (Å²) in [6, 6.07) is 0.374. The second kappa shape index (κ2) is 7.52. The minimum atomic E-state index is -0.132. The maximum atomic E-state index is 12.2. The molecule has 1 atom stereocenters. The molecular weight excluding hydrogens is 286 g/mol. The summed E-state index contributed by atoms with van der Waals surface area (Å²) in [4.78, 5) is 23.6. The monoisotopic (exact) mass is 313 g/mol. The van der Waals surface area contributed by atoms with Crippen molar-refractivity contribution in [2.75, 3.05) is 12.9 Å². The molecule has 0 saturated heterocycles. The van der Waals surface area contributed by atoms with Crippen molar-refractivity contribution in [1.29, 1.82) is 0 Å². The maximum absolute atomic E-state index is 12.2. The first-order valence-electron chi connectivity index (χ1n) is 8.03. The second-order valence-electron chi connectivity index (χ2n) is 6.55. The molecule has 2 aliphatic rings. The van der Waals surface area contributed by atoms with Gasteiger partial charge in [0.1, 0.15) is 0 Å². The highest BCUT2D eigenvalue weighted by Gasteiger charge is 2.45. The standard InChI is InChI=1S/C16H27NO3S/c1-12(15(19)17-13-6-4-3-5-7-13)21-11-16(8-9-16)10-14(18)20-2/h12-13H,3-11H2,1-2H3,(H,17,19). The molecule has 0 aromatic rings. The van der Waals surface area contributed by atoms with Crippen molar-refractivity contribution in [3.05, 3.63) is 0 Å². The van der Waals surface area contributed by atoms with Gasteiger partial charge in [0.15, 0.2) is 0 Å². The fraction of sp³-hybridized carbons (Fsp3) is 0.875. The van der Waals surface area contributed by atoms with Crippen LogP contribution in [0.5, 0.6) is 0 Å². The summed E-state index contributed by atoms with van der Waals surface area (Å²) in [5, 5.41) is 3.14. The lowest BCUT2D eigenvalue weighted by molar-refractivity contribution is -0.141. The highest BCUT2D eigenvalue weighted by molar-refractivity contribution is 8.00. The van der Waals surface area contributed by atoms with E-state index < -0.39 is 0 Å². The molecule has 21 heavy (non-hydrogen) atoms. The predicted molar refractivity (Wildman–Crippen MR) is 85.2 cm³/mol. The minimum Gasteiger partial charge on any atom is -0.469 e. The van der Waals surface area contributed by atoms with E-state index in [9.17, 15) is 9.59 Å². The zero-order valence-electron chi connectivity index (χ0n) is 13.2. The Morgan fingerprint density at radius 1 is 1.29 bits per heavy atom. The van der Waals surface area contributed by atoms with Crippen molar-refractivity contribution in [1.82, 2.24) is 5.32 Å². The lowest BCUT2D eigenvalue weighted by Gasteiger charge is -2.24. The number of carbonyl (C=O) groups excluding carboxylic acids is 2. The van der Waals surface area contributed by atoms with E-state index >= 15 is 0 Å². The van der Waals surface area contributed by atoms with Crippen molar-refractivity contribution in [3.8, 4) is 0 Å². The first kappa shape index (κ1) is 16.7. The van der Waals surface area contributed by atoms with Gasteiger partial charge in [-0.25, -0.2) is 0 Å². The summed E-state index contributed by atoms with van der Waals surface area (Å²) in [5.74, 6) is 0.898. The van der Waals surface area contributed by atoms with Crippen LogP contribution in [-0.4, -0.2) is 36.0 Å². The third kappa shape index (κ3) is 5.20. The molecule has 5 heteroatoms. The van der Waals surface area contributed by atoms with Gasteiger partial charge in [-0.1, -0.05) is 19.3 Å². The van der Waals surface area contributed by atoms with Gasteiger partial charge in [0.2, 0.25) is 5.91 Å². The Kier molecular flexibility index (Phi) is 5.97. The van der Waals surface area contributed by atoms with E-state index in [2.05, 4.69) is 5.32 Å². The molecule has 2 fully saturated rings. The zero-order chi connectivity index (χ0) is 15.3. The highest BCUT2D eigenvalue weighted by Crippen LogP contribution is 2.51. The maximum Gasteiger partial charge on any atom is 0.306 e. The van der Waals surface area contributed by atoms with E-state index in [4.69, 9.17) is 4.74 Å². The number of hydrogen-bond donors (Lipinski definition) is 1. The van der Waals surface area contributed by atoms with Crippen LogP contribution in [0.3, 0.4) is 0 Å². The zero-order valence-corrected chi connectivity index (χ0v) is 14.0. The van der Waals surface area contributed by atoms with Crippen molar-refractivity contribution in [2.24, 2.45) is 5.41 Å². The number of carbonyl (C=O) groups is 2. The fourth-order valence-electron chi connectivity index (χ4n) is 2.87. The van der Waals surface area contributed by atoms with E-state index in [0.717, 1.165) is 31.4 Å². The van der Waals surface area contributed by atoms with E-state index in [1.54, 1.807) is 11.8 Å². The fourth-order valence-corrected chi connectivity index (χ4v) is 4.08. The molecule has 2 aliphatic carbocycles. The average molecular weight is 313 g/mol. The quantitative estimate of drug-likeness (QED) is 0.734. The average Bonchev–Trinajstić information content (AvgIpc) is 3.25. The minimum absolute atomic E-state index is 0.0398. The van der Waals surface area contributed by atoms with E-state index in [-0.39, 0.29) is 22.5 Å². The first-order valence-corrected chi connectivity index (χ1v) is 9.08. The van der Waals surface area contributed by atoms with Crippen LogP contribution in [-0.2, 0) is 14.3 Å². The molecule has 0 aromatic heterocycles. The normalized spacial score (nSPS) is 22.4. The van der Waals surface area contributed by atoms with Crippen molar-refractivity contribution in [2.45, 2.75) is 69.6 Å². The molecule has 120 valence electrons. The topological polar surface area (TPSA) is 55.4 Å². The lowest BCUT2D eigenvalue weighted by atomic mass is 9.95. The third-order valence-electron chi connectivity index (χ3n) is 4.66. The van der Waals surface area contributed by atoms with Crippen molar-refractivity contribution >= 4 is 23.6 Å². The summed E-state index contributed by atoms with van der Waals surface area (Å²) >= 11 is 1.68. The molecule has 0 aliphatic heterocycles. The Morgan fingerprint density at radius 3 is 2.52 bits per heavy atom. The van der Waals surface area contributed by atoms with Crippen LogP contribution in [0.15, 0.2) is 0 Å². The molecule has 0 radical (unpaired) electrons. The molecule has 1 amide bonds. The molecular formula is C16H27NO3S. The number of ether oxygens (including phenoxy) is 1. The van der Waals surface area contributed by atoms with Crippen molar-refractivity contribution in [3.63, 3.8) is 0 Å². The van der Waals surface area contributed by atoms with E-state index in [0.29, 0.717) is 12.5 Å². The van der Waals surface area contributed by atoms with Gasteiger partial charge in [0.25, 0.3) is 0 Å². The summed E-state index contributed by atoms with van der Waals surface area (Å²) in [5.41, 5.74) is 0.0944. The van der Waals surface area contributed by atoms with Crippen LogP contribution in [0, 0.1) is 5.41 Å². The predicted octanol–water partition coefficient (Wildman–Crippen LogP) is 2.90. The van der Waals surface area contributed by atoms with Crippen LogP contribution in [0.1, 0.15) is 58.3 Å². The summed E-state index contributed by atoms with van der Waals surface area (Å²) in [6.07, 6.45) is 8.65. The van der Waals surface area contributed by atoms with Gasteiger partial charge in [-0.05, 0) is 38.0 Å². The van der Waals surface area contributed by atoms with Gasteiger partial charge in [0, 0.05) is 11.8 Å². The molecule has 0 spiro atoms. The number of rotatable bonds is 7. The Bertz CT molecular complexity index is 376. The summed E-state index contributed by atoms with van der Waals surface area (Å²) in [6.45, 7) is 1.97. The Labute approximate surface area is 131 Å². The molecule has 2 saturated carbocycles. The number of methoxy groups -OCH3 is 1. The van der Waals surface area contributed by atoms with Gasteiger partial charge >= 0.3 is 5.97 Å². The Hall–Kier alpha value is -0.710. The molecule has 1 unspecified atom stereocenters. The lowest BCUT2D eigenvalue weighted by Crippen LogP contribution is -2.40. The number of esters is 1. The van der Waals surface area contributed by atoms with E-state index in [1.165, 1.54) is 26.4 Å². The SMILES string of the molecule is COC(=O)CC1(CSC(C)C(=O)NC2CCCCC2)CC1. The van der Waals surface area contributed by atoms with Gasteiger partial charge in [-0.15, -0.1) is 11.8 Å². The van der Waals surface area contributed by atoms with Gasteiger partial charge in [-0.2, -0.15) is 0 Å². The molecule has 0 heterocycles. The number of nitrogens with one attached hydrogen (secondary N) is 1. The third-order valence-corrected chi connectivity index (χ3v) is 6.16. The van der Waals surface area contributed by atoms with Crippen molar-refractivity contribution < 1.29 is 14.3 Å². The van der Waals surface area contributed by atoms with Crippen LogP contribution in [0.4, 0.5) is 0 Å². The van der Waals surface area contributed by atoms with E-state index in [1.807, 2.05) is 6.92 Å². The summed E-state index contributed by atoms with van der Waals surface area (Å²) < 4.78 is 4.75. The number of thioether (sulfide) groups is 1. The smallest absolute Gasteiger partial charge is 0.306 e. The summed E-state index contributed by atoms with van der Waals surface area (Å²) in [7, 11) is 1.44.